The zero-order chi connectivity index (χ0) is 30.4. The Kier molecular flexibility index (Phi) is 5.26. The summed E-state index contributed by atoms with van der Waals surface area (Å²) < 4.78 is 19.6. The molecule has 0 atom stereocenters. The molecule has 0 bridgehead atoms. The molecule has 0 saturated carbocycles. The summed E-state index contributed by atoms with van der Waals surface area (Å²) in [6.07, 6.45) is 0. The Bertz CT molecular complexity index is 2470. The SMILES string of the molecule is Cc1ccc2c(c1)B1c3cc4oc5cc6cc(N(c7ccccc7)c7ccccc7)ccc6cc5c4cc3Oc3cccc(c31)O2. The van der Waals surface area contributed by atoms with Crippen LogP contribution in [0.3, 0.4) is 0 Å². The van der Waals surface area contributed by atoms with E-state index >= 15 is 0 Å². The zero-order valence-corrected chi connectivity index (χ0v) is 25.0. The van der Waals surface area contributed by atoms with Crippen LogP contribution in [0.15, 0.2) is 144 Å². The number of hydrogen-bond acceptors (Lipinski definition) is 4. The molecule has 0 N–H and O–H groups in total. The van der Waals surface area contributed by atoms with Crippen LogP contribution in [0.1, 0.15) is 5.56 Å². The molecule has 4 nitrogen and oxygen atoms in total. The maximum atomic E-state index is 6.64. The van der Waals surface area contributed by atoms with E-state index in [0.717, 1.165) is 89.2 Å². The number of fused-ring (bicyclic) bond motifs is 8. The number of nitrogens with zero attached hydrogens (tertiary/aromatic N) is 1. The van der Waals surface area contributed by atoms with E-state index < -0.39 is 0 Å². The largest absolute Gasteiger partial charge is 0.458 e. The number of anilines is 3. The molecule has 0 saturated heterocycles. The van der Waals surface area contributed by atoms with Crippen molar-refractivity contribution in [2.75, 3.05) is 4.90 Å². The summed E-state index contributed by atoms with van der Waals surface area (Å²) in [5, 5.41) is 4.40. The highest BCUT2D eigenvalue weighted by molar-refractivity contribution is 6.98. The molecule has 7 aromatic carbocycles. The van der Waals surface area contributed by atoms with Gasteiger partial charge < -0.3 is 18.8 Å². The van der Waals surface area contributed by atoms with Crippen LogP contribution in [0.4, 0.5) is 17.1 Å². The number of hydrogen-bond donors (Lipinski definition) is 0. The number of furan rings is 1. The average molecular weight is 591 g/mol. The first-order valence-corrected chi connectivity index (χ1v) is 15.6. The van der Waals surface area contributed by atoms with Crippen molar-refractivity contribution in [2.45, 2.75) is 6.92 Å². The quantitative estimate of drug-likeness (QED) is 0.192. The minimum Gasteiger partial charge on any atom is -0.458 e. The van der Waals surface area contributed by atoms with Crippen molar-refractivity contribution < 1.29 is 13.9 Å². The minimum atomic E-state index is -0.000186. The van der Waals surface area contributed by atoms with E-state index in [1.165, 1.54) is 5.56 Å². The second-order valence-corrected chi connectivity index (χ2v) is 12.2. The van der Waals surface area contributed by atoms with Crippen LogP contribution in [0.5, 0.6) is 23.0 Å². The van der Waals surface area contributed by atoms with Gasteiger partial charge in [0.25, 0.3) is 6.71 Å². The standard InChI is InChI=1S/C41H26BNO3/c1-25-15-18-35-33(19-25)42-34-24-39-32(23-40(34)45-37-14-8-13-36(44-35)41(37)42)31-21-26-16-17-30(20-27(26)22-38(31)46-39)43(28-9-4-2-5-10-28)29-11-6-3-7-12-29/h2-24H,1H3. The Hall–Kier alpha value is -5.94. The van der Waals surface area contributed by atoms with Crippen molar-refractivity contribution in [1.29, 1.82) is 0 Å². The van der Waals surface area contributed by atoms with E-state index in [2.05, 4.69) is 121 Å². The molecule has 2 aliphatic rings. The molecule has 3 heterocycles. The second-order valence-electron chi connectivity index (χ2n) is 12.2. The van der Waals surface area contributed by atoms with E-state index in [1.54, 1.807) is 0 Å². The molecule has 5 heteroatoms. The van der Waals surface area contributed by atoms with E-state index in [1.807, 2.05) is 30.3 Å². The van der Waals surface area contributed by atoms with Crippen molar-refractivity contribution in [3.63, 3.8) is 0 Å². The van der Waals surface area contributed by atoms with Gasteiger partial charge in [0.1, 0.15) is 34.2 Å². The topological polar surface area (TPSA) is 34.8 Å². The first-order valence-electron chi connectivity index (χ1n) is 15.6. The van der Waals surface area contributed by atoms with Gasteiger partial charge in [0.15, 0.2) is 0 Å². The molecule has 2 aliphatic heterocycles. The summed E-state index contributed by atoms with van der Waals surface area (Å²) in [5.41, 5.74) is 9.53. The summed E-state index contributed by atoms with van der Waals surface area (Å²) in [7, 11) is 0. The lowest BCUT2D eigenvalue weighted by molar-refractivity contribution is 0.464. The zero-order valence-electron chi connectivity index (χ0n) is 25.0. The molecule has 0 unspecified atom stereocenters. The van der Waals surface area contributed by atoms with Crippen LogP contribution >= 0.6 is 0 Å². The van der Waals surface area contributed by atoms with Crippen molar-refractivity contribution in [3.05, 3.63) is 145 Å². The van der Waals surface area contributed by atoms with Crippen LogP contribution < -0.4 is 30.8 Å². The van der Waals surface area contributed by atoms with Crippen molar-refractivity contribution >= 4 is 72.9 Å². The first-order chi connectivity index (χ1) is 22.7. The van der Waals surface area contributed by atoms with Gasteiger partial charge in [0.05, 0.1) is 0 Å². The van der Waals surface area contributed by atoms with Crippen molar-refractivity contribution in [2.24, 2.45) is 0 Å². The predicted octanol–water partition coefficient (Wildman–Crippen LogP) is 9.25. The number of ether oxygens (including phenoxy) is 2. The summed E-state index contributed by atoms with van der Waals surface area (Å²) >= 11 is 0. The monoisotopic (exact) mass is 591 g/mol. The van der Waals surface area contributed by atoms with Gasteiger partial charge in [-0.15, -0.1) is 0 Å². The fourth-order valence-corrected chi connectivity index (χ4v) is 7.29. The van der Waals surface area contributed by atoms with Gasteiger partial charge in [-0.3, -0.25) is 0 Å². The Balaban J connectivity index is 1.14. The van der Waals surface area contributed by atoms with Gasteiger partial charge in [-0.2, -0.15) is 0 Å². The van der Waals surface area contributed by atoms with Crippen LogP contribution in [0.25, 0.3) is 32.7 Å². The fraction of sp³-hybridized carbons (Fsp3) is 0.0244. The van der Waals surface area contributed by atoms with E-state index in [-0.39, 0.29) is 6.71 Å². The molecule has 1 aromatic heterocycles. The molecule has 46 heavy (non-hydrogen) atoms. The number of para-hydroxylation sites is 2. The van der Waals surface area contributed by atoms with Crippen molar-refractivity contribution in [3.8, 4) is 23.0 Å². The number of benzene rings is 7. The normalized spacial score (nSPS) is 12.8. The van der Waals surface area contributed by atoms with Crippen molar-refractivity contribution in [1.82, 2.24) is 0 Å². The highest BCUT2D eigenvalue weighted by atomic mass is 16.5. The Morgan fingerprint density at radius 1 is 0.478 bits per heavy atom. The van der Waals surface area contributed by atoms with Crippen LogP contribution in [0.2, 0.25) is 0 Å². The van der Waals surface area contributed by atoms with Gasteiger partial charge in [-0.05, 0) is 107 Å². The third kappa shape index (κ3) is 3.75. The third-order valence-corrected chi connectivity index (χ3v) is 9.37. The molecule has 0 spiro atoms. The highest BCUT2D eigenvalue weighted by Crippen LogP contribution is 2.41. The van der Waals surface area contributed by atoms with E-state index in [0.29, 0.717) is 0 Å². The molecular weight excluding hydrogens is 565 g/mol. The maximum absolute atomic E-state index is 6.64. The van der Waals surface area contributed by atoms with Crippen LogP contribution in [-0.2, 0) is 0 Å². The summed E-state index contributed by atoms with van der Waals surface area (Å²) in [6, 6.07) is 48.8. The summed E-state index contributed by atoms with van der Waals surface area (Å²) in [5.74, 6) is 3.43. The predicted molar refractivity (Wildman–Crippen MR) is 188 cm³/mol. The first kappa shape index (κ1) is 25.4. The van der Waals surface area contributed by atoms with Gasteiger partial charge in [-0.25, -0.2) is 0 Å². The maximum Gasteiger partial charge on any atom is 0.260 e. The van der Waals surface area contributed by atoms with Gasteiger partial charge in [0.2, 0.25) is 0 Å². The molecule has 10 rings (SSSR count). The summed E-state index contributed by atoms with van der Waals surface area (Å²) in [4.78, 5) is 2.28. The second kappa shape index (κ2) is 9.53. The lowest BCUT2D eigenvalue weighted by Gasteiger charge is -2.32. The molecule has 0 radical (unpaired) electrons. The Morgan fingerprint density at radius 2 is 1.15 bits per heavy atom. The molecule has 216 valence electrons. The molecule has 0 fully saturated rings. The molecular formula is C41H26BNO3. The third-order valence-electron chi connectivity index (χ3n) is 9.37. The van der Waals surface area contributed by atoms with E-state index in [9.17, 15) is 0 Å². The molecule has 0 amide bonds. The number of rotatable bonds is 3. The highest BCUT2D eigenvalue weighted by Gasteiger charge is 2.40. The van der Waals surface area contributed by atoms with Crippen LogP contribution in [0, 0.1) is 6.92 Å². The van der Waals surface area contributed by atoms with Gasteiger partial charge in [-0.1, -0.05) is 66.2 Å². The fourth-order valence-electron chi connectivity index (χ4n) is 7.29. The average Bonchev–Trinajstić information content (AvgIpc) is 3.43. The van der Waals surface area contributed by atoms with Gasteiger partial charge >= 0.3 is 0 Å². The minimum absolute atomic E-state index is 0.000186. The lowest BCUT2D eigenvalue weighted by atomic mass is 9.34. The summed E-state index contributed by atoms with van der Waals surface area (Å²) in [6.45, 7) is 2.12. The van der Waals surface area contributed by atoms with Crippen LogP contribution in [-0.4, -0.2) is 6.71 Å². The Labute approximate surface area is 266 Å². The lowest BCUT2D eigenvalue weighted by Crippen LogP contribution is -2.57. The smallest absolute Gasteiger partial charge is 0.260 e. The number of aryl methyl sites for hydroxylation is 1. The Morgan fingerprint density at radius 3 is 1.91 bits per heavy atom. The van der Waals surface area contributed by atoms with Gasteiger partial charge in [0, 0.05) is 33.3 Å². The van der Waals surface area contributed by atoms with E-state index in [4.69, 9.17) is 13.9 Å². The molecule has 8 aromatic rings. The molecule has 0 aliphatic carbocycles.